The van der Waals surface area contributed by atoms with Gasteiger partial charge in [0.25, 0.3) is 0 Å². The van der Waals surface area contributed by atoms with Crippen LogP contribution < -0.4 is 15.0 Å². The Balaban J connectivity index is 1.15. The van der Waals surface area contributed by atoms with Crippen LogP contribution in [-0.4, -0.2) is 66.0 Å². The standard InChI is InChI=1S/C39H49F5N2O5S/c1-3-25-23-31-27(24-33(25)51-36(48)45-28-7-9-29(10-8-28)46-16-18-50-19-17-46)22-26(35-30(31)13-15-37(2)32(35)11-12-34(37)47)6-4-20-52(49)21-5-14-38(40,41)39(42,43)44/h7-10,23-24,26,30,32,35H,3-6,11-22H2,1-2H3,(H,45,48)/t26-,30-,32+,35-,37+,52?/m1/s1. The molecule has 0 bridgehead atoms. The summed E-state index contributed by atoms with van der Waals surface area (Å²) in [5, 5.41) is 2.85. The number of hydrogen-bond acceptors (Lipinski definition) is 6. The van der Waals surface area contributed by atoms with Crippen LogP contribution in [0.4, 0.5) is 38.1 Å². The monoisotopic (exact) mass is 752 g/mol. The summed E-state index contributed by atoms with van der Waals surface area (Å²) in [5.41, 5.74) is 4.54. The van der Waals surface area contributed by atoms with E-state index in [0.29, 0.717) is 62.5 Å². The van der Waals surface area contributed by atoms with E-state index in [0.717, 1.165) is 49.2 Å². The van der Waals surface area contributed by atoms with E-state index in [-0.39, 0.29) is 40.6 Å². The lowest BCUT2D eigenvalue weighted by Gasteiger charge is -2.52. The minimum absolute atomic E-state index is 0.152. The van der Waals surface area contributed by atoms with Crippen molar-refractivity contribution in [2.75, 3.05) is 48.0 Å². The maximum absolute atomic E-state index is 13.4. The minimum atomic E-state index is -5.61. The molecule has 0 spiro atoms. The number of nitrogens with zero attached hydrogens (tertiary/aromatic N) is 1. The molecule has 0 radical (unpaired) electrons. The fourth-order valence-electron chi connectivity index (χ4n) is 9.31. The Morgan fingerprint density at radius 2 is 1.77 bits per heavy atom. The van der Waals surface area contributed by atoms with Crippen molar-refractivity contribution in [3.63, 3.8) is 0 Å². The molecule has 1 saturated heterocycles. The minimum Gasteiger partial charge on any atom is -0.410 e. The number of benzene rings is 2. The van der Waals surface area contributed by atoms with Gasteiger partial charge >= 0.3 is 18.2 Å². The Bertz CT molecular complexity index is 1630. The number of carbonyl (C=O) groups excluding carboxylic acids is 2. The molecule has 1 heterocycles. The molecule has 286 valence electrons. The first-order chi connectivity index (χ1) is 24.7. The molecule has 0 aromatic heterocycles. The van der Waals surface area contributed by atoms with Crippen LogP contribution in [0.3, 0.4) is 0 Å². The number of nitrogens with one attached hydrogen (secondary N) is 1. The molecular weight excluding hydrogens is 703 g/mol. The smallest absolute Gasteiger partial charge is 0.410 e. The highest BCUT2D eigenvalue weighted by atomic mass is 32.2. The molecular formula is C39H49F5N2O5S. The Hall–Kier alpha value is -3.06. The number of morpholine rings is 1. The van der Waals surface area contributed by atoms with Crippen molar-refractivity contribution >= 4 is 34.1 Å². The number of ether oxygens (including phenoxy) is 2. The maximum atomic E-state index is 13.4. The van der Waals surface area contributed by atoms with E-state index in [1.165, 1.54) is 5.56 Å². The summed E-state index contributed by atoms with van der Waals surface area (Å²) >= 11 is 0. The molecule has 52 heavy (non-hydrogen) atoms. The van der Waals surface area contributed by atoms with Crippen LogP contribution in [0.2, 0.25) is 0 Å². The van der Waals surface area contributed by atoms with E-state index < -0.39 is 41.8 Å². The molecule has 1 amide bonds. The van der Waals surface area contributed by atoms with Crippen LogP contribution >= 0.6 is 0 Å². The topological polar surface area (TPSA) is 84.9 Å². The van der Waals surface area contributed by atoms with E-state index in [1.54, 1.807) is 0 Å². The van der Waals surface area contributed by atoms with Crippen molar-refractivity contribution in [1.82, 2.24) is 0 Å². The fraction of sp³-hybridized carbons (Fsp3) is 0.641. The maximum Gasteiger partial charge on any atom is 0.453 e. The summed E-state index contributed by atoms with van der Waals surface area (Å²) in [7, 11) is -1.52. The molecule has 7 nitrogen and oxygen atoms in total. The second-order valence-corrected chi connectivity index (χ2v) is 16.8. The number of alkyl halides is 5. The van der Waals surface area contributed by atoms with Gasteiger partial charge in [0.1, 0.15) is 11.5 Å². The lowest BCUT2D eigenvalue weighted by atomic mass is 9.52. The van der Waals surface area contributed by atoms with Gasteiger partial charge in [0.05, 0.1) is 13.2 Å². The van der Waals surface area contributed by atoms with Gasteiger partial charge in [-0.25, -0.2) is 4.79 Å². The zero-order valence-corrected chi connectivity index (χ0v) is 30.7. The summed E-state index contributed by atoms with van der Waals surface area (Å²) in [6.07, 6.45) is -2.41. The highest BCUT2D eigenvalue weighted by Gasteiger charge is 2.57. The van der Waals surface area contributed by atoms with Gasteiger partial charge in [0, 0.05) is 65.0 Å². The van der Waals surface area contributed by atoms with Gasteiger partial charge in [-0.05, 0) is 122 Å². The lowest BCUT2D eigenvalue weighted by Crippen LogP contribution is -2.46. The molecule has 13 heteroatoms. The summed E-state index contributed by atoms with van der Waals surface area (Å²) in [6.45, 7) is 7.11. The third-order valence-corrected chi connectivity index (χ3v) is 13.6. The number of fused-ring (bicyclic) bond motifs is 5. The molecule has 2 saturated carbocycles. The SMILES string of the molecule is CCc1cc2c(cc1OC(=O)Nc1ccc(N3CCOCC3)cc1)C[C@@H](CCCS(=O)CCCC(F)(F)C(F)(F)F)[C@@H]1[C@@H]2CC[C@]2(C)C(=O)CC[C@@H]12. The Labute approximate surface area is 304 Å². The van der Waals surface area contributed by atoms with Crippen molar-refractivity contribution in [1.29, 1.82) is 0 Å². The van der Waals surface area contributed by atoms with Crippen LogP contribution in [0.5, 0.6) is 5.75 Å². The zero-order chi connectivity index (χ0) is 37.3. The predicted octanol–water partition coefficient (Wildman–Crippen LogP) is 8.85. The Morgan fingerprint density at radius 3 is 2.46 bits per heavy atom. The number of aryl methyl sites for hydroxylation is 1. The summed E-state index contributed by atoms with van der Waals surface area (Å²) in [6, 6.07) is 11.8. The molecule has 6 atom stereocenters. The first kappa shape index (κ1) is 38.7. The van der Waals surface area contributed by atoms with Gasteiger partial charge in [0.2, 0.25) is 0 Å². The Morgan fingerprint density at radius 1 is 1.06 bits per heavy atom. The molecule has 1 N–H and O–H groups in total. The highest BCUT2D eigenvalue weighted by Crippen LogP contribution is 2.62. The second-order valence-electron chi connectivity index (χ2n) is 15.1. The number of rotatable bonds is 12. The number of anilines is 2. The molecule has 2 aromatic carbocycles. The second kappa shape index (κ2) is 15.7. The van der Waals surface area contributed by atoms with E-state index >= 15 is 0 Å². The van der Waals surface area contributed by atoms with E-state index in [4.69, 9.17) is 9.47 Å². The molecule has 6 rings (SSSR count). The van der Waals surface area contributed by atoms with Crippen molar-refractivity contribution in [3.05, 3.63) is 53.1 Å². The van der Waals surface area contributed by atoms with Crippen molar-refractivity contribution in [2.24, 2.45) is 23.2 Å². The number of halogens is 5. The molecule has 2 aromatic rings. The summed E-state index contributed by atoms with van der Waals surface area (Å²) < 4.78 is 88.4. The first-order valence-electron chi connectivity index (χ1n) is 18.6. The van der Waals surface area contributed by atoms with Crippen LogP contribution in [0, 0.1) is 23.2 Å². The summed E-state index contributed by atoms with van der Waals surface area (Å²) in [4.78, 5) is 28.5. The molecule has 3 aliphatic carbocycles. The van der Waals surface area contributed by atoms with Gasteiger partial charge in [-0.15, -0.1) is 0 Å². The number of carbonyl (C=O) groups is 2. The number of amides is 1. The van der Waals surface area contributed by atoms with Gasteiger partial charge < -0.3 is 14.4 Å². The zero-order valence-electron chi connectivity index (χ0n) is 29.9. The van der Waals surface area contributed by atoms with Gasteiger partial charge in [-0.1, -0.05) is 19.9 Å². The molecule has 1 aliphatic heterocycles. The largest absolute Gasteiger partial charge is 0.453 e. The fourth-order valence-corrected chi connectivity index (χ4v) is 10.5. The van der Waals surface area contributed by atoms with Crippen LogP contribution in [0.25, 0.3) is 0 Å². The van der Waals surface area contributed by atoms with Gasteiger partial charge in [0.15, 0.2) is 0 Å². The number of Topliss-reactive ketones (excluding diaryl/α,β-unsaturated/α-hetero) is 1. The normalized spacial score (nSPS) is 26.7. The van der Waals surface area contributed by atoms with Crippen LogP contribution in [-0.2, 0) is 33.2 Å². The molecule has 4 aliphatic rings. The van der Waals surface area contributed by atoms with Crippen LogP contribution in [0.15, 0.2) is 36.4 Å². The van der Waals surface area contributed by atoms with Crippen molar-refractivity contribution in [3.8, 4) is 5.75 Å². The third-order valence-electron chi connectivity index (χ3n) is 12.1. The van der Waals surface area contributed by atoms with E-state index in [2.05, 4.69) is 23.2 Å². The van der Waals surface area contributed by atoms with Gasteiger partial charge in [-0.3, -0.25) is 14.3 Å². The average Bonchev–Trinajstić information content (AvgIpc) is 3.41. The van der Waals surface area contributed by atoms with Crippen molar-refractivity contribution in [2.45, 2.75) is 96.1 Å². The summed E-state index contributed by atoms with van der Waals surface area (Å²) in [5.74, 6) is -3.15. The van der Waals surface area contributed by atoms with Crippen LogP contribution in [0.1, 0.15) is 87.8 Å². The van der Waals surface area contributed by atoms with Gasteiger partial charge in [-0.2, -0.15) is 22.0 Å². The lowest BCUT2D eigenvalue weighted by molar-refractivity contribution is -0.284. The molecule has 1 unspecified atom stereocenters. The van der Waals surface area contributed by atoms with Crippen molar-refractivity contribution < 1.29 is 45.2 Å². The quantitative estimate of drug-likeness (QED) is 0.218. The number of hydrogen-bond donors (Lipinski definition) is 1. The highest BCUT2D eigenvalue weighted by molar-refractivity contribution is 7.84. The number of ketones is 1. The van der Waals surface area contributed by atoms with E-state index in [1.807, 2.05) is 37.3 Å². The first-order valence-corrected chi connectivity index (χ1v) is 20.1. The average molecular weight is 753 g/mol. The van der Waals surface area contributed by atoms with E-state index in [9.17, 15) is 35.8 Å². The molecule has 3 fully saturated rings. The Kier molecular flexibility index (Phi) is 11.7. The predicted molar refractivity (Wildman–Crippen MR) is 191 cm³/mol. The third kappa shape index (κ3) is 8.20.